The first-order valence-corrected chi connectivity index (χ1v) is 6.24. The van der Waals surface area contributed by atoms with E-state index < -0.39 is 11.2 Å². The highest BCUT2D eigenvalue weighted by molar-refractivity contribution is 5.93. The quantitative estimate of drug-likeness (QED) is 0.675. The molecule has 104 valence electrons. The van der Waals surface area contributed by atoms with Crippen molar-refractivity contribution in [3.63, 3.8) is 0 Å². The Morgan fingerprint density at radius 2 is 1.84 bits per heavy atom. The summed E-state index contributed by atoms with van der Waals surface area (Å²) >= 11 is 0. The first kappa shape index (κ1) is 13.5. The maximum atomic E-state index is 12.3. The van der Waals surface area contributed by atoms with E-state index in [0.717, 1.165) is 4.57 Å². The number of carbonyl (C=O) groups excluding carboxylic acids is 1. The van der Waals surface area contributed by atoms with Crippen LogP contribution in [-0.2, 0) is 7.05 Å². The van der Waals surface area contributed by atoms with Gasteiger partial charge >= 0.3 is 5.69 Å². The Morgan fingerprint density at radius 3 is 2.42 bits per heavy atom. The van der Waals surface area contributed by atoms with Gasteiger partial charge < -0.3 is 15.2 Å². The Bertz CT molecular complexity index is 594. The van der Waals surface area contributed by atoms with Crippen molar-refractivity contribution < 1.29 is 4.79 Å². The Kier molecular flexibility index (Phi) is 3.57. The third-order valence-electron chi connectivity index (χ3n) is 3.25. The van der Waals surface area contributed by atoms with E-state index in [-0.39, 0.29) is 23.6 Å². The van der Waals surface area contributed by atoms with E-state index in [4.69, 9.17) is 0 Å². The second kappa shape index (κ2) is 5.00. The summed E-state index contributed by atoms with van der Waals surface area (Å²) in [6.45, 7) is 5.07. The molecule has 1 amide bonds. The fourth-order valence-electron chi connectivity index (χ4n) is 2.38. The lowest BCUT2D eigenvalue weighted by Crippen LogP contribution is -2.56. The number of amides is 1. The van der Waals surface area contributed by atoms with E-state index in [1.807, 2.05) is 13.8 Å². The highest BCUT2D eigenvalue weighted by atomic mass is 16.2. The predicted octanol–water partition coefficient (Wildman–Crippen LogP) is -1.10. The van der Waals surface area contributed by atoms with Crippen LogP contribution in [0.2, 0.25) is 0 Å². The maximum Gasteiger partial charge on any atom is 0.328 e. The van der Waals surface area contributed by atoms with Crippen LogP contribution in [-0.4, -0.2) is 45.5 Å². The molecule has 2 atom stereocenters. The van der Waals surface area contributed by atoms with E-state index in [2.05, 4.69) is 10.3 Å². The van der Waals surface area contributed by atoms with E-state index in [1.54, 1.807) is 4.90 Å². The molecule has 1 aromatic rings. The van der Waals surface area contributed by atoms with Gasteiger partial charge in [0, 0.05) is 38.4 Å². The Hall–Kier alpha value is -1.89. The zero-order valence-electron chi connectivity index (χ0n) is 11.3. The van der Waals surface area contributed by atoms with Crippen molar-refractivity contribution in [2.75, 3.05) is 13.1 Å². The molecular weight excluding hydrogens is 248 g/mol. The number of carbonyl (C=O) groups is 1. The van der Waals surface area contributed by atoms with Crippen molar-refractivity contribution in [2.24, 2.45) is 7.05 Å². The SMILES string of the molecule is C[C@@H]1CN(C(=O)c2c[nH]c(=O)n(C)c2=O)C[C@H](C)N1. The van der Waals surface area contributed by atoms with E-state index in [1.165, 1.54) is 13.2 Å². The first-order chi connectivity index (χ1) is 8.90. The van der Waals surface area contributed by atoms with Crippen molar-refractivity contribution in [3.05, 3.63) is 32.6 Å². The number of hydrogen-bond acceptors (Lipinski definition) is 4. The molecule has 1 saturated heterocycles. The number of nitrogens with one attached hydrogen (secondary N) is 2. The predicted molar refractivity (Wildman–Crippen MR) is 70.3 cm³/mol. The zero-order chi connectivity index (χ0) is 14.2. The molecule has 0 spiro atoms. The Balaban J connectivity index is 2.32. The summed E-state index contributed by atoms with van der Waals surface area (Å²) in [5, 5.41) is 3.32. The lowest BCUT2D eigenvalue weighted by Gasteiger charge is -2.36. The van der Waals surface area contributed by atoms with Crippen LogP contribution < -0.4 is 16.6 Å². The molecule has 0 saturated carbocycles. The zero-order valence-corrected chi connectivity index (χ0v) is 11.3. The van der Waals surface area contributed by atoms with Crippen LogP contribution in [0.1, 0.15) is 24.2 Å². The monoisotopic (exact) mass is 266 g/mol. The van der Waals surface area contributed by atoms with Crippen LogP contribution in [0.15, 0.2) is 15.8 Å². The second-order valence-corrected chi connectivity index (χ2v) is 5.05. The molecule has 1 aliphatic rings. The van der Waals surface area contributed by atoms with Gasteiger partial charge in [-0.2, -0.15) is 0 Å². The van der Waals surface area contributed by atoms with E-state index in [0.29, 0.717) is 13.1 Å². The summed E-state index contributed by atoms with van der Waals surface area (Å²) in [6, 6.07) is 0.360. The molecule has 0 aliphatic carbocycles. The fourth-order valence-corrected chi connectivity index (χ4v) is 2.38. The molecule has 2 N–H and O–H groups in total. The lowest BCUT2D eigenvalue weighted by atomic mass is 10.1. The van der Waals surface area contributed by atoms with Crippen LogP contribution in [0.25, 0.3) is 0 Å². The number of piperazine rings is 1. The van der Waals surface area contributed by atoms with Crippen molar-refractivity contribution >= 4 is 5.91 Å². The topological polar surface area (TPSA) is 87.2 Å². The number of nitrogens with zero attached hydrogens (tertiary/aromatic N) is 2. The number of aromatic nitrogens is 2. The van der Waals surface area contributed by atoms with Gasteiger partial charge in [-0.15, -0.1) is 0 Å². The van der Waals surface area contributed by atoms with Gasteiger partial charge in [0.2, 0.25) is 0 Å². The summed E-state index contributed by atoms with van der Waals surface area (Å²) in [5.41, 5.74) is -1.08. The Labute approximate surface area is 110 Å². The summed E-state index contributed by atoms with van der Waals surface area (Å²) in [4.78, 5) is 39.6. The molecule has 7 nitrogen and oxygen atoms in total. The third-order valence-corrected chi connectivity index (χ3v) is 3.25. The average Bonchev–Trinajstić information content (AvgIpc) is 2.34. The Morgan fingerprint density at radius 1 is 1.26 bits per heavy atom. The van der Waals surface area contributed by atoms with Crippen LogP contribution in [0.5, 0.6) is 0 Å². The fraction of sp³-hybridized carbons (Fsp3) is 0.583. The molecule has 0 radical (unpaired) electrons. The van der Waals surface area contributed by atoms with Crippen LogP contribution >= 0.6 is 0 Å². The largest absolute Gasteiger partial charge is 0.335 e. The van der Waals surface area contributed by atoms with Crippen LogP contribution in [0, 0.1) is 0 Å². The molecule has 7 heteroatoms. The minimum absolute atomic E-state index is 0.00315. The van der Waals surface area contributed by atoms with Crippen molar-refractivity contribution in [1.82, 2.24) is 19.8 Å². The van der Waals surface area contributed by atoms with Gasteiger partial charge in [0.25, 0.3) is 11.5 Å². The van der Waals surface area contributed by atoms with Crippen LogP contribution in [0.4, 0.5) is 0 Å². The summed E-state index contributed by atoms with van der Waals surface area (Å²) in [5.74, 6) is -0.336. The molecule has 19 heavy (non-hydrogen) atoms. The van der Waals surface area contributed by atoms with Gasteiger partial charge in [-0.05, 0) is 13.8 Å². The molecule has 1 fully saturated rings. The maximum absolute atomic E-state index is 12.3. The van der Waals surface area contributed by atoms with Gasteiger partial charge in [0.15, 0.2) is 0 Å². The van der Waals surface area contributed by atoms with Crippen LogP contribution in [0.3, 0.4) is 0 Å². The normalized spacial score (nSPS) is 23.4. The van der Waals surface area contributed by atoms with Crippen molar-refractivity contribution in [1.29, 1.82) is 0 Å². The van der Waals surface area contributed by atoms with E-state index in [9.17, 15) is 14.4 Å². The average molecular weight is 266 g/mol. The summed E-state index contributed by atoms with van der Waals surface area (Å²) in [7, 11) is 1.35. The molecule has 2 rings (SSSR count). The van der Waals surface area contributed by atoms with Crippen molar-refractivity contribution in [2.45, 2.75) is 25.9 Å². The van der Waals surface area contributed by atoms with Gasteiger partial charge in [0.1, 0.15) is 5.56 Å². The highest BCUT2D eigenvalue weighted by Gasteiger charge is 2.27. The lowest BCUT2D eigenvalue weighted by molar-refractivity contribution is 0.0670. The molecular formula is C12H18N4O3. The molecule has 0 bridgehead atoms. The standard InChI is InChI=1S/C12H18N4O3/c1-7-5-16(6-8(2)14-7)11(18)9-4-13-12(19)15(3)10(9)17/h4,7-8,14H,5-6H2,1-3H3,(H,13,19)/t7-,8+. The number of rotatable bonds is 1. The molecule has 0 aromatic carbocycles. The minimum atomic E-state index is -0.562. The number of hydrogen-bond donors (Lipinski definition) is 2. The van der Waals surface area contributed by atoms with Crippen molar-refractivity contribution in [3.8, 4) is 0 Å². The summed E-state index contributed by atoms with van der Waals surface area (Å²) < 4.78 is 0.905. The molecule has 1 aromatic heterocycles. The number of H-pyrrole nitrogens is 1. The molecule has 2 heterocycles. The van der Waals surface area contributed by atoms with Gasteiger partial charge in [-0.25, -0.2) is 4.79 Å². The van der Waals surface area contributed by atoms with E-state index >= 15 is 0 Å². The second-order valence-electron chi connectivity index (χ2n) is 5.05. The van der Waals surface area contributed by atoms with Gasteiger partial charge in [-0.1, -0.05) is 0 Å². The third kappa shape index (κ3) is 2.60. The van der Waals surface area contributed by atoms with Gasteiger partial charge in [0.05, 0.1) is 0 Å². The molecule has 1 aliphatic heterocycles. The minimum Gasteiger partial charge on any atom is -0.335 e. The summed E-state index contributed by atoms with van der Waals surface area (Å²) in [6.07, 6.45) is 1.20. The highest BCUT2D eigenvalue weighted by Crippen LogP contribution is 2.07. The number of aromatic amines is 1. The van der Waals surface area contributed by atoms with Gasteiger partial charge in [-0.3, -0.25) is 14.2 Å². The smallest absolute Gasteiger partial charge is 0.328 e. The molecule has 0 unspecified atom stereocenters. The first-order valence-electron chi connectivity index (χ1n) is 6.24.